The van der Waals surface area contributed by atoms with Gasteiger partial charge in [0.25, 0.3) is 0 Å². The summed E-state index contributed by atoms with van der Waals surface area (Å²) in [5.41, 5.74) is 10.5. The van der Waals surface area contributed by atoms with Gasteiger partial charge in [-0.15, -0.1) is 0 Å². The highest BCUT2D eigenvalue weighted by Crippen LogP contribution is 2.35. The van der Waals surface area contributed by atoms with E-state index in [0.29, 0.717) is 5.92 Å². The van der Waals surface area contributed by atoms with Gasteiger partial charge >= 0.3 is 0 Å². The van der Waals surface area contributed by atoms with E-state index in [2.05, 4.69) is 51.2 Å². The zero-order valence-corrected chi connectivity index (χ0v) is 12.3. The average molecular weight is 317 g/mol. The van der Waals surface area contributed by atoms with E-state index in [4.69, 9.17) is 5.73 Å². The van der Waals surface area contributed by atoms with Crippen LogP contribution in [0.2, 0.25) is 0 Å². The van der Waals surface area contributed by atoms with Crippen molar-refractivity contribution in [2.75, 3.05) is 0 Å². The fourth-order valence-corrected chi connectivity index (χ4v) is 3.43. The smallest absolute Gasteiger partial charge is 0.0410 e. The second-order valence-corrected chi connectivity index (χ2v) is 6.14. The van der Waals surface area contributed by atoms with E-state index in [1.165, 1.54) is 23.1 Å². The van der Waals surface area contributed by atoms with E-state index in [9.17, 15) is 0 Å². The van der Waals surface area contributed by atoms with Gasteiger partial charge in [-0.25, -0.2) is 0 Å². The largest absolute Gasteiger partial charge is 0.327 e. The summed E-state index contributed by atoms with van der Waals surface area (Å²) in [5.74, 6) is 0.482. The molecule has 2 nitrogen and oxygen atoms in total. The first kappa shape index (κ1) is 12.8. The Balaban J connectivity index is 1.77. The molecule has 0 fully saturated rings. The van der Waals surface area contributed by atoms with E-state index < -0.39 is 0 Å². The molecular weight excluding hydrogens is 300 g/mol. The maximum absolute atomic E-state index is 6.43. The monoisotopic (exact) mass is 316 g/mol. The van der Waals surface area contributed by atoms with Crippen LogP contribution >= 0.6 is 15.9 Å². The van der Waals surface area contributed by atoms with Gasteiger partial charge < -0.3 is 5.73 Å². The van der Waals surface area contributed by atoms with E-state index in [1.54, 1.807) is 6.20 Å². The van der Waals surface area contributed by atoms with Crippen molar-refractivity contribution < 1.29 is 0 Å². The molecular formula is C16H17BrN2. The fraction of sp³-hybridized carbons (Fsp3) is 0.312. The lowest BCUT2D eigenvalue weighted by molar-refractivity contribution is 0.524. The molecule has 0 amide bonds. The van der Waals surface area contributed by atoms with Gasteiger partial charge in [-0.2, -0.15) is 0 Å². The number of hydrogen-bond acceptors (Lipinski definition) is 2. The average Bonchev–Trinajstić information content (AvgIpc) is 2.82. The highest BCUT2D eigenvalue weighted by Gasteiger charge is 2.27. The molecule has 0 saturated carbocycles. The molecule has 1 aliphatic carbocycles. The van der Waals surface area contributed by atoms with Crippen LogP contribution in [0.15, 0.2) is 47.2 Å². The molecule has 98 valence electrons. The summed E-state index contributed by atoms with van der Waals surface area (Å²) in [5, 5.41) is 0. The van der Waals surface area contributed by atoms with E-state index in [1.807, 2.05) is 6.20 Å². The standard InChI is InChI=1S/C16H17BrN2/c17-13-7-11(9-19-10-13)8-16(18)15-6-5-12-3-1-2-4-14(12)15/h1-4,7,9-10,15-16H,5-6,8,18H2. The van der Waals surface area contributed by atoms with Crippen LogP contribution in [0, 0.1) is 0 Å². The van der Waals surface area contributed by atoms with Gasteiger partial charge in [0.2, 0.25) is 0 Å². The summed E-state index contributed by atoms with van der Waals surface area (Å²) in [6, 6.07) is 11.0. The molecule has 2 aromatic rings. The van der Waals surface area contributed by atoms with Crippen LogP contribution in [0.25, 0.3) is 0 Å². The first-order valence-electron chi connectivity index (χ1n) is 6.67. The highest BCUT2D eigenvalue weighted by atomic mass is 79.9. The summed E-state index contributed by atoms with van der Waals surface area (Å²) in [6.07, 6.45) is 6.92. The first-order valence-corrected chi connectivity index (χ1v) is 7.46. The summed E-state index contributed by atoms with van der Waals surface area (Å²) >= 11 is 3.46. The Bertz CT molecular complexity index is 582. The number of nitrogens with two attached hydrogens (primary N) is 1. The number of benzene rings is 1. The molecule has 0 saturated heterocycles. The molecule has 3 rings (SSSR count). The zero-order chi connectivity index (χ0) is 13.2. The second-order valence-electron chi connectivity index (χ2n) is 5.22. The van der Waals surface area contributed by atoms with Crippen molar-refractivity contribution in [1.29, 1.82) is 0 Å². The molecule has 3 heteroatoms. The lowest BCUT2D eigenvalue weighted by atomic mass is 9.90. The maximum atomic E-state index is 6.43. The van der Waals surface area contributed by atoms with Crippen molar-refractivity contribution in [2.24, 2.45) is 5.73 Å². The van der Waals surface area contributed by atoms with Gasteiger partial charge in [0.05, 0.1) is 0 Å². The normalized spacial score (nSPS) is 19.2. The maximum Gasteiger partial charge on any atom is 0.0410 e. The number of rotatable bonds is 3. The molecule has 1 aliphatic rings. The molecule has 2 unspecified atom stereocenters. The van der Waals surface area contributed by atoms with Crippen LogP contribution in [0.5, 0.6) is 0 Å². The fourth-order valence-electron chi connectivity index (χ4n) is 3.02. The molecule has 1 aromatic carbocycles. The summed E-state index contributed by atoms with van der Waals surface area (Å²) < 4.78 is 1.02. The van der Waals surface area contributed by atoms with Crippen molar-refractivity contribution in [3.63, 3.8) is 0 Å². The van der Waals surface area contributed by atoms with Crippen LogP contribution in [0.4, 0.5) is 0 Å². The third-order valence-corrected chi connectivity index (χ3v) is 4.36. The minimum absolute atomic E-state index is 0.166. The van der Waals surface area contributed by atoms with Crippen LogP contribution < -0.4 is 5.73 Å². The molecule has 1 aromatic heterocycles. The van der Waals surface area contributed by atoms with Gasteiger partial charge in [0, 0.05) is 22.9 Å². The Morgan fingerprint density at radius 3 is 3.00 bits per heavy atom. The number of nitrogens with zero attached hydrogens (tertiary/aromatic N) is 1. The van der Waals surface area contributed by atoms with Gasteiger partial charge in [-0.3, -0.25) is 4.98 Å². The number of hydrogen-bond donors (Lipinski definition) is 1. The Morgan fingerprint density at radius 1 is 1.32 bits per heavy atom. The lowest BCUT2D eigenvalue weighted by Gasteiger charge is -2.20. The Kier molecular flexibility index (Phi) is 3.67. The number of fused-ring (bicyclic) bond motifs is 1. The molecule has 2 N–H and O–H groups in total. The first-order chi connectivity index (χ1) is 9.24. The van der Waals surface area contributed by atoms with Crippen LogP contribution in [0.3, 0.4) is 0 Å². The lowest BCUT2D eigenvalue weighted by Crippen LogP contribution is -2.29. The summed E-state index contributed by atoms with van der Waals surface area (Å²) in [6.45, 7) is 0. The second kappa shape index (κ2) is 5.43. The molecule has 19 heavy (non-hydrogen) atoms. The molecule has 0 radical (unpaired) electrons. The Morgan fingerprint density at radius 2 is 2.16 bits per heavy atom. The minimum Gasteiger partial charge on any atom is -0.327 e. The quantitative estimate of drug-likeness (QED) is 0.942. The van der Waals surface area contributed by atoms with E-state index in [0.717, 1.165) is 17.3 Å². The van der Waals surface area contributed by atoms with Crippen molar-refractivity contribution in [3.8, 4) is 0 Å². The Labute approximate surface area is 122 Å². The summed E-state index contributed by atoms with van der Waals surface area (Å²) in [4.78, 5) is 4.21. The van der Waals surface area contributed by atoms with Crippen LogP contribution in [-0.4, -0.2) is 11.0 Å². The predicted molar refractivity (Wildman–Crippen MR) is 81.1 cm³/mol. The molecule has 2 atom stereocenters. The Hall–Kier alpha value is -1.19. The number of pyridine rings is 1. The SMILES string of the molecule is NC(Cc1cncc(Br)c1)C1CCc2ccccc21. The van der Waals surface area contributed by atoms with Gasteiger partial charge in [-0.1, -0.05) is 24.3 Å². The topological polar surface area (TPSA) is 38.9 Å². The van der Waals surface area contributed by atoms with Gasteiger partial charge in [0.1, 0.15) is 0 Å². The van der Waals surface area contributed by atoms with Gasteiger partial charge in [0.15, 0.2) is 0 Å². The minimum atomic E-state index is 0.166. The third kappa shape index (κ3) is 2.72. The van der Waals surface area contributed by atoms with Crippen molar-refractivity contribution in [1.82, 2.24) is 4.98 Å². The number of halogens is 1. The number of aromatic nitrogens is 1. The van der Waals surface area contributed by atoms with Crippen molar-refractivity contribution >= 4 is 15.9 Å². The predicted octanol–water partition coefficient (Wildman–Crippen LogP) is 3.44. The van der Waals surface area contributed by atoms with Gasteiger partial charge in [-0.05, 0) is 63.9 Å². The third-order valence-electron chi connectivity index (χ3n) is 3.93. The van der Waals surface area contributed by atoms with Crippen molar-refractivity contribution in [2.45, 2.75) is 31.2 Å². The molecule has 0 aliphatic heterocycles. The highest BCUT2D eigenvalue weighted by molar-refractivity contribution is 9.10. The van der Waals surface area contributed by atoms with Crippen LogP contribution in [-0.2, 0) is 12.8 Å². The van der Waals surface area contributed by atoms with E-state index >= 15 is 0 Å². The summed E-state index contributed by atoms with van der Waals surface area (Å²) in [7, 11) is 0. The zero-order valence-electron chi connectivity index (χ0n) is 10.7. The van der Waals surface area contributed by atoms with Crippen LogP contribution in [0.1, 0.15) is 29.0 Å². The molecule has 1 heterocycles. The molecule has 0 bridgehead atoms. The van der Waals surface area contributed by atoms with Crippen molar-refractivity contribution in [3.05, 3.63) is 63.9 Å². The van der Waals surface area contributed by atoms with E-state index in [-0.39, 0.29) is 6.04 Å². The molecule has 0 spiro atoms. The number of aryl methyl sites for hydroxylation is 1.